The van der Waals surface area contributed by atoms with E-state index in [1.165, 1.54) is 29.9 Å². The van der Waals surface area contributed by atoms with Gasteiger partial charge in [-0.2, -0.15) is 0 Å². The number of rotatable bonds is 4. The van der Waals surface area contributed by atoms with E-state index in [0.717, 1.165) is 32.5 Å². The Labute approximate surface area is 141 Å². The van der Waals surface area contributed by atoms with Crippen molar-refractivity contribution in [3.05, 3.63) is 53.6 Å². The summed E-state index contributed by atoms with van der Waals surface area (Å²) in [6.07, 6.45) is 8.55. The number of nitrogens with zero attached hydrogens (tertiary/aromatic N) is 2. The number of hydrogen-bond donors (Lipinski definition) is 0. The minimum Gasteiger partial charge on any atom is -0.486 e. The monoisotopic (exact) mass is 328 g/mol. The lowest BCUT2D eigenvalue weighted by Gasteiger charge is -2.28. The fourth-order valence-electron chi connectivity index (χ4n) is 3.98. The zero-order valence-corrected chi connectivity index (χ0v) is 13.5. The van der Waals surface area contributed by atoms with Crippen LogP contribution in [0.3, 0.4) is 0 Å². The number of halogens is 1. The van der Waals surface area contributed by atoms with E-state index in [1.54, 1.807) is 12.1 Å². The van der Waals surface area contributed by atoms with Gasteiger partial charge in [0.15, 0.2) is 0 Å². The molecule has 0 amide bonds. The maximum Gasteiger partial charge on any atom is 0.123 e. The van der Waals surface area contributed by atoms with Crippen molar-refractivity contribution in [1.29, 1.82) is 0 Å². The maximum absolute atomic E-state index is 13.0. The summed E-state index contributed by atoms with van der Waals surface area (Å²) >= 11 is 0. The van der Waals surface area contributed by atoms with E-state index in [4.69, 9.17) is 9.47 Å². The summed E-state index contributed by atoms with van der Waals surface area (Å²) in [5, 5.41) is 0. The van der Waals surface area contributed by atoms with Crippen molar-refractivity contribution in [2.24, 2.45) is 0 Å². The maximum atomic E-state index is 13.0. The second-order valence-electron chi connectivity index (χ2n) is 6.91. The van der Waals surface area contributed by atoms with Gasteiger partial charge in [0.25, 0.3) is 0 Å². The fraction of sp³-hybridized carbons (Fsp3) is 0.474. The van der Waals surface area contributed by atoms with E-state index in [-0.39, 0.29) is 11.9 Å². The van der Waals surface area contributed by atoms with Gasteiger partial charge in [0.2, 0.25) is 0 Å². The number of benzene rings is 1. The molecule has 24 heavy (non-hydrogen) atoms. The zero-order valence-electron chi connectivity index (χ0n) is 13.5. The number of piperazine rings is 1. The Balaban J connectivity index is 1.33. The summed E-state index contributed by atoms with van der Waals surface area (Å²) in [6.45, 7) is 2.98. The van der Waals surface area contributed by atoms with E-state index in [9.17, 15) is 4.39 Å². The standard InChI is InChI=1S/C19H21FN2O2/c20-13-3-5-14(6-4-13)24-15-7-8-17-18(10-15)21(19-12-22(17)19)11-16-2-1-9-23-16/h3-6,8,10,15-16,19H,1-2,7,9,11-12H2. The van der Waals surface area contributed by atoms with E-state index in [0.29, 0.717) is 18.0 Å². The molecule has 3 heterocycles. The van der Waals surface area contributed by atoms with Crippen LogP contribution in [0.2, 0.25) is 0 Å². The van der Waals surface area contributed by atoms with E-state index in [2.05, 4.69) is 22.0 Å². The fourth-order valence-corrected chi connectivity index (χ4v) is 3.98. The second kappa shape index (κ2) is 5.52. The molecule has 3 unspecified atom stereocenters. The van der Waals surface area contributed by atoms with Gasteiger partial charge in [-0.05, 0) is 43.2 Å². The molecule has 5 rings (SSSR count). The molecule has 0 bridgehead atoms. The number of ether oxygens (including phenoxy) is 2. The van der Waals surface area contributed by atoms with Gasteiger partial charge >= 0.3 is 0 Å². The van der Waals surface area contributed by atoms with Gasteiger partial charge in [-0.15, -0.1) is 0 Å². The average Bonchev–Trinajstić information content (AvgIpc) is 3.09. The first-order chi connectivity index (χ1) is 11.8. The van der Waals surface area contributed by atoms with Crippen LogP contribution in [0, 0.1) is 5.82 Å². The third-order valence-electron chi connectivity index (χ3n) is 5.24. The molecule has 126 valence electrons. The van der Waals surface area contributed by atoms with Gasteiger partial charge in [0, 0.05) is 19.6 Å². The lowest BCUT2D eigenvalue weighted by Crippen LogP contribution is -2.33. The molecule has 4 aliphatic rings. The van der Waals surface area contributed by atoms with Crippen molar-refractivity contribution in [2.75, 3.05) is 19.7 Å². The predicted molar refractivity (Wildman–Crippen MR) is 87.8 cm³/mol. The van der Waals surface area contributed by atoms with Crippen LogP contribution in [0.15, 0.2) is 47.8 Å². The van der Waals surface area contributed by atoms with Crippen LogP contribution in [-0.4, -0.2) is 47.9 Å². The Morgan fingerprint density at radius 2 is 2.08 bits per heavy atom. The van der Waals surface area contributed by atoms with E-state index >= 15 is 0 Å². The summed E-state index contributed by atoms with van der Waals surface area (Å²) in [4.78, 5) is 4.91. The SMILES string of the molecule is Fc1ccc(OC2C=C3C(=CC2)N2CC2N3CC2CCCO2)cc1. The van der Waals surface area contributed by atoms with Gasteiger partial charge in [-0.25, -0.2) is 4.39 Å². The quantitative estimate of drug-likeness (QED) is 0.794. The molecular weight excluding hydrogens is 307 g/mol. The van der Waals surface area contributed by atoms with Crippen LogP contribution >= 0.6 is 0 Å². The molecular formula is C19H21FN2O2. The minimum atomic E-state index is -0.238. The minimum absolute atomic E-state index is 0.0000855. The third-order valence-corrected chi connectivity index (χ3v) is 5.24. The molecule has 0 radical (unpaired) electrons. The van der Waals surface area contributed by atoms with Crippen LogP contribution in [0.25, 0.3) is 0 Å². The average molecular weight is 328 g/mol. The van der Waals surface area contributed by atoms with Crippen LogP contribution in [-0.2, 0) is 4.74 Å². The van der Waals surface area contributed by atoms with Crippen molar-refractivity contribution in [2.45, 2.75) is 37.6 Å². The third kappa shape index (κ3) is 2.47. The Kier molecular flexibility index (Phi) is 3.30. The van der Waals surface area contributed by atoms with E-state index < -0.39 is 0 Å². The van der Waals surface area contributed by atoms with Gasteiger partial charge in [-0.3, -0.25) is 0 Å². The molecule has 1 aromatic carbocycles. The van der Waals surface area contributed by atoms with Crippen LogP contribution in [0.4, 0.5) is 4.39 Å². The molecule has 0 saturated carbocycles. The molecule has 3 fully saturated rings. The molecule has 0 aromatic heterocycles. The highest BCUT2D eigenvalue weighted by atomic mass is 19.1. The lowest BCUT2D eigenvalue weighted by atomic mass is 10.1. The second-order valence-corrected chi connectivity index (χ2v) is 6.91. The Morgan fingerprint density at radius 1 is 1.21 bits per heavy atom. The summed E-state index contributed by atoms with van der Waals surface area (Å²) < 4.78 is 24.9. The lowest BCUT2D eigenvalue weighted by molar-refractivity contribution is 0.0827. The first-order valence-electron chi connectivity index (χ1n) is 8.77. The van der Waals surface area contributed by atoms with Gasteiger partial charge < -0.3 is 19.3 Å². The molecule has 3 aliphatic heterocycles. The van der Waals surface area contributed by atoms with Crippen molar-refractivity contribution >= 4 is 0 Å². The highest BCUT2D eigenvalue weighted by Crippen LogP contribution is 2.45. The number of hydrogen-bond acceptors (Lipinski definition) is 4. The van der Waals surface area contributed by atoms with Crippen molar-refractivity contribution in [1.82, 2.24) is 9.80 Å². The van der Waals surface area contributed by atoms with Gasteiger partial charge in [0.05, 0.1) is 24.0 Å². The summed E-state index contributed by atoms with van der Waals surface area (Å²) in [6, 6.07) is 6.25. The Morgan fingerprint density at radius 3 is 2.88 bits per heavy atom. The van der Waals surface area contributed by atoms with Crippen LogP contribution in [0.5, 0.6) is 5.75 Å². The highest BCUT2D eigenvalue weighted by molar-refractivity contribution is 5.43. The molecule has 0 N–H and O–H groups in total. The van der Waals surface area contributed by atoms with Crippen LogP contribution < -0.4 is 4.74 Å². The Hall–Kier alpha value is -2.01. The molecule has 4 nitrogen and oxygen atoms in total. The van der Waals surface area contributed by atoms with E-state index in [1.807, 2.05) is 0 Å². The molecule has 0 spiro atoms. The summed E-state index contributed by atoms with van der Waals surface area (Å²) in [7, 11) is 0. The zero-order chi connectivity index (χ0) is 16.1. The summed E-state index contributed by atoms with van der Waals surface area (Å²) in [5.41, 5.74) is 2.62. The van der Waals surface area contributed by atoms with Crippen molar-refractivity contribution < 1.29 is 13.9 Å². The normalized spacial score (nSPS) is 30.6. The first kappa shape index (κ1) is 14.3. The summed E-state index contributed by atoms with van der Waals surface area (Å²) in [5.74, 6) is 0.474. The predicted octanol–water partition coefficient (Wildman–Crippen LogP) is 2.88. The molecule has 3 saturated heterocycles. The Bertz CT molecular complexity index is 694. The van der Waals surface area contributed by atoms with Crippen molar-refractivity contribution in [3.8, 4) is 5.75 Å². The molecule has 5 heteroatoms. The first-order valence-corrected chi connectivity index (χ1v) is 8.77. The molecule has 3 atom stereocenters. The highest BCUT2D eigenvalue weighted by Gasteiger charge is 2.51. The molecule has 1 aliphatic carbocycles. The number of fused-ring (bicyclic) bond motifs is 3. The largest absolute Gasteiger partial charge is 0.486 e. The van der Waals surface area contributed by atoms with Crippen molar-refractivity contribution in [3.63, 3.8) is 0 Å². The van der Waals surface area contributed by atoms with Gasteiger partial charge in [0.1, 0.15) is 23.8 Å². The van der Waals surface area contributed by atoms with Crippen LogP contribution in [0.1, 0.15) is 19.3 Å². The topological polar surface area (TPSA) is 24.7 Å². The molecule has 1 aromatic rings. The smallest absolute Gasteiger partial charge is 0.123 e. The van der Waals surface area contributed by atoms with Gasteiger partial charge in [-0.1, -0.05) is 6.08 Å².